The van der Waals surface area contributed by atoms with Crippen molar-refractivity contribution in [2.24, 2.45) is 0 Å². The summed E-state index contributed by atoms with van der Waals surface area (Å²) in [6, 6.07) is 13.1. The van der Waals surface area contributed by atoms with Crippen LogP contribution in [-0.4, -0.2) is 76.0 Å². The molecule has 3 heterocycles. The van der Waals surface area contributed by atoms with Crippen molar-refractivity contribution in [3.63, 3.8) is 0 Å². The van der Waals surface area contributed by atoms with E-state index in [9.17, 15) is 10.1 Å². The van der Waals surface area contributed by atoms with E-state index in [-0.39, 0.29) is 16.2 Å². The Morgan fingerprint density at radius 1 is 1.04 bits per heavy atom. The summed E-state index contributed by atoms with van der Waals surface area (Å²) in [6.07, 6.45) is 6.49. The molecule has 1 N–H and O–H groups in total. The van der Waals surface area contributed by atoms with E-state index in [1.54, 1.807) is 0 Å². The molecule has 0 radical (unpaired) electrons. The van der Waals surface area contributed by atoms with Crippen LogP contribution in [0, 0.1) is 11.3 Å². The highest BCUT2D eigenvalue weighted by molar-refractivity contribution is 6.74. The second-order valence-corrected chi connectivity index (χ2v) is 20.8. The van der Waals surface area contributed by atoms with Gasteiger partial charge in [0.1, 0.15) is 0 Å². The Labute approximate surface area is 282 Å². The number of rotatable bonds is 9. The number of carbonyl (C=O) groups is 1. The number of piperidine rings is 1. The van der Waals surface area contributed by atoms with Crippen molar-refractivity contribution in [2.75, 3.05) is 50.9 Å². The van der Waals surface area contributed by atoms with Crippen LogP contribution in [0.3, 0.4) is 0 Å². The number of carbonyl (C=O) groups excluding carboxylic acids is 1. The van der Waals surface area contributed by atoms with Crippen molar-refractivity contribution in [1.82, 2.24) is 9.88 Å². The maximum absolute atomic E-state index is 14.3. The first-order valence-electron chi connectivity index (χ1n) is 17.8. The molecule has 1 aromatic heterocycles. The quantitative estimate of drug-likeness (QED) is 0.186. The molecule has 252 valence electrons. The van der Waals surface area contributed by atoms with Gasteiger partial charge in [0.15, 0.2) is 14.1 Å². The van der Waals surface area contributed by atoms with Crippen molar-refractivity contribution in [3.8, 4) is 6.07 Å². The molecule has 0 bridgehead atoms. The predicted octanol–water partition coefficient (Wildman–Crippen LogP) is 7.95. The van der Waals surface area contributed by atoms with Crippen LogP contribution in [0.2, 0.25) is 18.1 Å². The van der Waals surface area contributed by atoms with Gasteiger partial charge in [-0.15, -0.1) is 0 Å². The Kier molecular flexibility index (Phi) is 9.49. The van der Waals surface area contributed by atoms with E-state index >= 15 is 0 Å². The zero-order chi connectivity index (χ0) is 33.6. The third-order valence-corrected chi connectivity index (χ3v) is 16.2. The number of nitrogens with zero attached hydrogens (tertiary/aromatic N) is 3. The van der Waals surface area contributed by atoms with Gasteiger partial charge in [-0.25, -0.2) is 0 Å². The number of nitrogens with one attached hydrogen (secondary N) is 1. The lowest BCUT2D eigenvalue weighted by Crippen LogP contribution is -2.49. The first-order valence-corrected chi connectivity index (χ1v) is 20.7. The van der Waals surface area contributed by atoms with Gasteiger partial charge in [0.2, 0.25) is 0 Å². The molecular weight excluding hydrogens is 601 g/mol. The Hall–Kier alpha value is -2.96. The fourth-order valence-electron chi connectivity index (χ4n) is 7.63. The standard InChI is InChI=1S/C39H54N4O3Si/c1-38(2,3)47(6,7)46-20-10-8-9-11-28-24-31-32(25-34(28)43-16-14-29(15-17-43)42-18-21-45-22-19-42)39(4,5)37-35(36(31)44)30-13-12-27(26-40)23-33(30)41-37/h12-13,23-25,29,41H,8-11,14-22H2,1-7H3. The average Bonchev–Trinajstić information content (AvgIpc) is 3.45. The van der Waals surface area contributed by atoms with Gasteiger partial charge in [-0.2, -0.15) is 5.26 Å². The number of morpholine rings is 1. The van der Waals surface area contributed by atoms with Crippen molar-refractivity contribution < 1.29 is 14.0 Å². The number of hydrogen-bond donors (Lipinski definition) is 1. The van der Waals surface area contributed by atoms with E-state index in [0.717, 1.165) is 118 Å². The number of nitriles is 1. The van der Waals surface area contributed by atoms with Crippen molar-refractivity contribution >= 4 is 30.7 Å². The molecule has 2 saturated heterocycles. The van der Waals surface area contributed by atoms with Gasteiger partial charge in [0.25, 0.3) is 0 Å². The molecule has 2 aliphatic heterocycles. The van der Waals surface area contributed by atoms with Crippen molar-refractivity contribution in [2.45, 2.75) is 103 Å². The number of H-pyrrole nitrogens is 1. The molecule has 0 unspecified atom stereocenters. The Morgan fingerprint density at radius 2 is 1.77 bits per heavy atom. The van der Waals surface area contributed by atoms with Crippen LogP contribution in [0.25, 0.3) is 10.9 Å². The lowest BCUT2D eigenvalue weighted by Gasteiger charge is -2.42. The number of hydrogen-bond acceptors (Lipinski definition) is 6. The number of ketones is 1. The number of aromatic amines is 1. The molecule has 1 aliphatic carbocycles. The molecule has 3 aliphatic rings. The van der Waals surface area contributed by atoms with Gasteiger partial charge in [0.05, 0.1) is 30.4 Å². The number of benzene rings is 2. The highest BCUT2D eigenvalue weighted by atomic mass is 28.4. The van der Waals surface area contributed by atoms with Crippen LogP contribution in [0.1, 0.15) is 105 Å². The van der Waals surface area contributed by atoms with E-state index < -0.39 is 8.32 Å². The molecule has 2 aromatic carbocycles. The third kappa shape index (κ3) is 6.57. The molecule has 2 fully saturated rings. The molecule has 0 amide bonds. The molecular formula is C39H54N4O3Si. The number of aromatic nitrogens is 1. The van der Waals surface area contributed by atoms with Gasteiger partial charge >= 0.3 is 0 Å². The van der Waals surface area contributed by atoms with Crippen molar-refractivity contribution in [1.29, 1.82) is 5.26 Å². The van der Waals surface area contributed by atoms with Crippen LogP contribution in [0.5, 0.6) is 0 Å². The molecule has 47 heavy (non-hydrogen) atoms. The van der Waals surface area contributed by atoms with Gasteiger partial charge in [-0.05, 0) is 85.6 Å². The average molecular weight is 655 g/mol. The number of unbranched alkanes of at least 4 members (excludes halogenated alkanes) is 2. The van der Waals surface area contributed by atoms with Crippen LogP contribution >= 0.6 is 0 Å². The van der Waals surface area contributed by atoms with E-state index in [0.29, 0.717) is 11.6 Å². The topological polar surface area (TPSA) is 81.6 Å². The van der Waals surface area contributed by atoms with Crippen molar-refractivity contribution in [3.05, 3.63) is 63.8 Å². The van der Waals surface area contributed by atoms with Gasteiger partial charge < -0.3 is 19.0 Å². The number of fused-ring (bicyclic) bond motifs is 4. The zero-order valence-corrected chi connectivity index (χ0v) is 30.7. The Balaban J connectivity index is 1.27. The summed E-state index contributed by atoms with van der Waals surface area (Å²) in [5.74, 6) is 0.0897. The summed E-state index contributed by atoms with van der Waals surface area (Å²) in [5, 5.41) is 10.6. The predicted molar refractivity (Wildman–Crippen MR) is 193 cm³/mol. The first-order chi connectivity index (χ1) is 22.3. The summed E-state index contributed by atoms with van der Waals surface area (Å²) in [5.41, 5.74) is 7.29. The van der Waals surface area contributed by atoms with E-state index in [2.05, 4.69) is 80.7 Å². The lowest BCUT2D eigenvalue weighted by atomic mass is 9.70. The second kappa shape index (κ2) is 13.2. The monoisotopic (exact) mass is 654 g/mol. The minimum Gasteiger partial charge on any atom is -0.417 e. The van der Waals surface area contributed by atoms with Crippen LogP contribution < -0.4 is 4.90 Å². The second-order valence-electron chi connectivity index (χ2n) is 16.0. The van der Waals surface area contributed by atoms with E-state index in [4.69, 9.17) is 9.16 Å². The summed E-state index contributed by atoms with van der Waals surface area (Å²) < 4.78 is 12.1. The highest BCUT2D eigenvalue weighted by Gasteiger charge is 2.41. The fraction of sp³-hybridized carbons (Fsp3) is 0.590. The largest absolute Gasteiger partial charge is 0.417 e. The minimum absolute atomic E-state index is 0.0897. The summed E-state index contributed by atoms with van der Waals surface area (Å²) in [6.45, 7) is 22.6. The smallest absolute Gasteiger partial charge is 0.195 e. The van der Waals surface area contributed by atoms with E-state index in [1.165, 1.54) is 11.3 Å². The Bertz CT molecular complexity index is 1660. The summed E-state index contributed by atoms with van der Waals surface area (Å²) >= 11 is 0. The van der Waals surface area contributed by atoms with Gasteiger partial charge in [-0.1, -0.05) is 47.1 Å². The lowest BCUT2D eigenvalue weighted by molar-refractivity contribution is 0.0115. The zero-order valence-electron chi connectivity index (χ0n) is 29.7. The molecule has 7 nitrogen and oxygen atoms in total. The molecule has 8 heteroatoms. The highest BCUT2D eigenvalue weighted by Crippen LogP contribution is 2.46. The Morgan fingerprint density at radius 3 is 2.45 bits per heavy atom. The number of anilines is 1. The molecule has 3 aromatic rings. The molecule has 6 rings (SSSR count). The maximum Gasteiger partial charge on any atom is 0.195 e. The first kappa shape index (κ1) is 33.9. The summed E-state index contributed by atoms with van der Waals surface area (Å²) in [7, 11) is -1.74. The molecule has 0 atom stereocenters. The van der Waals surface area contributed by atoms with E-state index in [1.807, 2.05) is 18.2 Å². The van der Waals surface area contributed by atoms with Crippen LogP contribution in [-0.2, 0) is 21.0 Å². The fourth-order valence-corrected chi connectivity index (χ4v) is 8.71. The third-order valence-electron chi connectivity index (χ3n) is 11.6. The SMILES string of the molecule is CC1(C)c2cc(N3CCC(N4CCOCC4)CC3)c(CCCCCO[Si](C)(C)C(C)(C)C)cc2C(=O)c2c1[nH]c1cc(C#N)ccc21. The maximum atomic E-state index is 14.3. The number of ether oxygens (including phenoxy) is 1. The molecule has 0 saturated carbocycles. The molecule has 0 spiro atoms. The summed E-state index contributed by atoms with van der Waals surface area (Å²) in [4.78, 5) is 23.1. The van der Waals surface area contributed by atoms with Crippen LogP contribution in [0.4, 0.5) is 5.69 Å². The van der Waals surface area contributed by atoms with Gasteiger partial charge in [0, 0.05) is 72.1 Å². The van der Waals surface area contributed by atoms with Crippen LogP contribution in [0.15, 0.2) is 30.3 Å². The number of aryl methyl sites for hydroxylation is 1. The normalized spacial score (nSPS) is 19.1. The van der Waals surface area contributed by atoms with Gasteiger partial charge in [-0.3, -0.25) is 9.69 Å². The minimum atomic E-state index is -1.74.